The third kappa shape index (κ3) is 3.95. The molecule has 0 fully saturated rings. The van der Waals surface area contributed by atoms with Crippen LogP contribution >= 0.6 is 23.6 Å². The summed E-state index contributed by atoms with van der Waals surface area (Å²) < 4.78 is 9.29. The van der Waals surface area contributed by atoms with Crippen molar-refractivity contribution in [1.82, 2.24) is 0 Å². The molecule has 25 heavy (non-hydrogen) atoms. The van der Waals surface area contributed by atoms with E-state index >= 15 is 0 Å². The van der Waals surface area contributed by atoms with Gasteiger partial charge in [-0.15, -0.1) is 11.6 Å². The van der Waals surface area contributed by atoms with Crippen LogP contribution in [0.3, 0.4) is 0 Å². The van der Waals surface area contributed by atoms with Crippen molar-refractivity contribution in [1.29, 1.82) is 0 Å². The van der Waals surface area contributed by atoms with E-state index in [1.54, 1.807) is 36.2 Å². The number of phenols is 1. The number of guanidine groups is 2. The number of anilines is 2. The molecule has 0 unspecified atom stereocenters. The fourth-order valence-corrected chi connectivity index (χ4v) is 2.68. The van der Waals surface area contributed by atoms with Gasteiger partial charge in [0.15, 0.2) is 0 Å². The van der Waals surface area contributed by atoms with Gasteiger partial charge in [-0.05, 0) is 36.4 Å². The van der Waals surface area contributed by atoms with E-state index in [2.05, 4.69) is 21.7 Å². The van der Waals surface area contributed by atoms with Crippen LogP contribution in [0.25, 0.3) is 10.8 Å². The standard InChI is InChI=1S/C15H17ClN6O2S/c1-19-15(21-14(18)20-7-16)22(2)9-3-4-10-8(5-9)6-11(25-24)12(17)13(10)23/h3-6,23-24H,1,7,17H2,2H3,(H2,18,20)/b21-15+. The number of nitrogen functional groups attached to an aromatic ring is 1. The van der Waals surface area contributed by atoms with Gasteiger partial charge < -0.3 is 26.0 Å². The highest BCUT2D eigenvalue weighted by Gasteiger charge is 2.13. The summed E-state index contributed by atoms with van der Waals surface area (Å²) in [5.41, 5.74) is 12.2. The predicted octanol–water partition coefficient (Wildman–Crippen LogP) is 2.70. The third-order valence-corrected chi connectivity index (χ3v) is 4.11. The van der Waals surface area contributed by atoms with Gasteiger partial charge in [0.1, 0.15) is 11.8 Å². The van der Waals surface area contributed by atoms with Gasteiger partial charge in [-0.2, -0.15) is 4.99 Å². The summed E-state index contributed by atoms with van der Waals surface area (Å²) in [5, 5.41) is 11.4. The minimum Gasteiger partial charge on any atom is -0.505 e. The van der Waals surface area contributed by atoms with Crippen LogP contribution in [-0.2, 0) is 0 Å². The summed E-state index contributed by atoms with van der Waals surface area (Å²) >= 11 is 5.96. The molecule has 0 saturated heterocycles. The normalized spacial score (nSPS) is 12.4. The highest BCUT2D eigenvalue weighted by molar-refractivity contribution is 7.94. The maximum Gasteiger partial charge on any atom is 0.232 e. The van der Waals surface area contributed by atoms with Crippen molar-refractivity contribution < 1.29 is 9.66 Å². The number of hydrogen-bond acceptors (Lipinski definition) is 5. The maximum absolute atomic E-state index is 10.2. The number of rotatable bonds is 3. The molecule has 0 bridgehead atoms. The molecule has 132 valence electrons. The van der Waals surface area contributed by atoms with E-state index in [1.165, 1.54) is 0 Å². The zero-order chi connectivity index (χ0) is 18.6. The highest BCUT2D eigenvalue weighted by Crippen LogP contribution is 2.39. The molecule has 0 spiro atoms. The van der Waals surface area contributed by atoms with Crippen molar-refractivity contribution in [3.05, 3.63) is 24.3 Å². The van der Waals surface area contributed by atoms with Crippen molar-refractivity contribution in [2.24, 2.45) is 20.7 Å². The molecular weight excluding hydrogens is 364 g/mol. The van der Waals surface area contributed by atoms with Gasteiger partial charge in [-0.1, -0.05) is 0 Å². The van der Waals surface area contributed by atoms with E-state index in [-0.39, 0.29) is 29.4 Å². The Balaban J connectivity index is 2.52. The van der Waals surface area contributed by atoms with Crippen LogP contribution < -0.4 is 16.4 Å². The number of alkyl halides is 1. The van der Waals surface area contributed by atoms with Crippen molar-refractivity contribution in [2.75, 3.05) is 23.7 Å². The number of aromatic hydroxyl groups is 1. The lowest BCUT2D eigenvalue weighted by Gasteiger charge is -2.19. The van der Waals surface area contributed by atoms with Gasteiger partial charge in [-0.25, -0.2) is 9.98 Å². The smallest absolute Gasteiger partial charge is 0.232 e. The summed E-state index contributed by atoms with van der Waals surface area (Å²) in [6.45, 7) is 3.48. The van der Waals surface area contributed by atoms with Crippen LogP contribution in [0.15, 0.2) is 44.1 Å². The summed E-state index contributed by atoms with van der Waals surface area (Å²) in [4.78, 5) is 13.7. The molecular formula is C15H17ClN6O2S. The fourth-order valence-electron chi connectivity index (χ4n) is 2.18. The Kier molecular flexibility index (Phi) is 6.07. The monoisotopic (exact) mass is 380 g/mol. The van der Waals surface area contributed by atoms with E-state index in [0.717, 1.165) is 0 Å². The number of hydrogen-bond donors (Lipinski definition) is 4. The fraction of sp³-hybridized carbons (Fsp3) is 0.133. The molecule has 2 aromatic carbocycles. The molecule has 0 radical (unpaired) electrons. The Morgan fingerprint density at radius 1 is 1.40 bits per heavy atom. The first-order chi connectivity index (χ1) is 11.9. The van der Waals surface area contributed by atoms with Crippen LogP contribution in [0, 0.1) is 0 Å². The molecule has 0 aliphatic heterocycles. The molecule has 2 rings (SSSR count). The Labute approximate surface area is 153 Å². The number of nitrogens with two attached hydrogens (primary N) is 2. The number of benzene rings is 2. The largest absolute Gasteiger partial charge is 0.505 e. The quantitative estimate of drug-likeness (QED) is 0.123. The van der Waals surface area contributed by atoms with Crippen molar-refractivity contribution in [3.63, 3.8) is 0 Å². The molecule has 0 atom stereocenters. The second-order valence-electron chi connectivity index (χ2n) is 4.90. The van der Waals surface area contributed by atoms with Gasteiger partial charge in [0.25, 0.3) is 0 Å². The van der Waals surface area contributed by atoms with E-state index in [1.807, 2.05) is 0 Å². The lowest BCUT2D eigenvalue weighted by Crippen LogP contribution is -2.27. The van der Waals surface area contributed by atoms with Gasteiger partial charge in [-0.3, -0.25) is 0 Å². The average molecular weight is 381 g/mol. The number of aliphatic imine (C=N–C) groups is 3. The van der Waals surface area contributed by atoms with Crippen LogP contribution in [0.5, 0.6) is 5.75 Å². The first kappa shape index (κ1) is 18.8. The molecule has 0 saturated carbocycles. The molecule has 0 heterocycles. The van der Waals surface area contributed by atoms with Gasteiger partial charge >= 0.3 is 0 Å². The lowest BCUT2D eigenvalue weighted by atomic mass is 10.1. The summed E-state index contributed by atoms with van der Waals surface area (Å²) in [5.74, 6) is 0.119. The summed E-state index contributed by atoms with van der Waals surface area (Å²) in [7, 11) is 1.72. The first-order valence-corrected chi connectivity index (χ1v) is 8.25. The SMILES string of the molecule is C=N/C(=N\C(N)=N/CCl)N(C)c1ccc2c(O)c(N)c(SO)cc2c1. The van der Waals surface area contributed by atoms with E-state index in [0.29, 0.717) is 33.4 Å². The number of phenolic OH excluding ortho intramolecular Hbond substituents is 1. The molecule has 6 N–H and O–H groups in total. The molecule has 0 aromatic heterocycles. The third-order valence-electron chi connectivity index (χ3n) is 3.46. The van der Waals surface area contributed by atoms with E-state index in [4.69, 9.17) is 23.1 Å². The topological polar surface area (TPSA) is 133 Å². The maximum atomic E-state index is 10.2. The minimum absolute atomic E-state index is 0.0122. The first-order valence-electron chi connectivity index (χ1n) is 6.94. The molecule has 8 nitrogen and oxygen atoms in total. The average Bonchev–Trinajstić information content (AvgIpc) is 2.61. The molecule has 0 aliphatic rings. The highest BCUT2D eigenvalue weighted by atomic mass is 35.5. The van der Waals surface area contributed by atoms with Gasteiger partial charge in [0, 0.05) is 30.2 Å². The number of halogens is 1. The Hall–Kier alpha value is -2.49. The number of fused-ring (bicyclic) bond motifs is 1. The van der Waals surface area contributed by atoms with E-state index < -0.39 is 0 Å². The van der Waals surface area contributed by atoms with Crippen LogP contribution in [0.4, 0.5) is 11.4 Å². The van der Waals surface area contributed by atoms with Crippen LogP contribution in [-0.4, -0.2) is 41.3 Å². The Morgan fingerprint density at radius 2 is 2.12 bits per heavy atom. The minimum atomic E-state index is -0.0857. The molecule has 10 heteroatoms. The van der Waals surface area contributed by atoms with Crippen LogP contribution in [0.2, 0.25) is 0 Å². The molecule has 0 amide bonds. The zero-order valence-corrected chi connectivity index (χ0v) is 14.9. The second kappa shape index (κ2) is 8.06. The van der Waals surface area contributed by atoms with Crippen LogP contribution in [0.1, 0.15) is 0 Å². The second-order valence-corrected chi connectivity index (χ2v) is 5.76. The lowest BCUT2D eigenvalue weighted by molar-refractivity contribution is 0.483. The molecule has 0 aliphatic carbocycles. The Bertz CT molecular complexity index is 871. The van der Waals surface area contributed by atoms with E-state index in [9.17, 15) is 9.66 Å². The number of nitrogens with zero attached hydrogens (tertiary/aromatic N) is 4. The van der Waals surface area contributed by atoms with Gasteiger partial charge in [0.2, 0.25) is 11.9 Å². The summed E-state index contributed by atoms with van der Waals surface area (Å²) in [6, 6.07) is 6.90. The Morgan fingerprint density at radius 3 is 2.72 bits per heavy atom. The van der Waals surface area contributed by atoms with Gasteiger partial charge in [0.05, 0.1) is 10.6 Å². The summed E-state index contributed by atoms with van der Waals surface area (Å²) in [6.07, 6.45) is 0. The van der Waals surface area contributed by atoms with Crippen molar-refractivity contribution in [3.8, 4) is 5.75 Å². The zero-order valence-electron chi connectivity index (χ0n) is 13.3. The molecule has 2 aromatic rings. The predicted molar refractivity (Wildman–Crippen MR) is 106 cm³/mol. The van der Waals surface area contributed by atoms with Crippen molar-refractivity contribution >= 4 is 64.4 Å². The van der Waals surface area contributed by atoms with Crippen molar-refractivity contribution in [2.45, 2.75) is 4.90 Å².